The van der Waals surface area contributed by atoms with Crippen molar-refractivity contribution in [2.75, 3.05) is 6.54 Å². The Hall–Kier alpha value is -0.980. The van der Waals surface area contributed by atoms with Crippen LogP contribution in [0.4, 0.5) is 4.39 Å². The van der Waals surface area contributed by atoms with Crippen LogP contribution in [0, 0.1) is 12.7 Å². The molecule has 0 amide bonds. The number of halogens is 1. The predicted molar refractivity (Wildman–Crippen MR) is 83.2 cm³/mol. The monoisotopic (exact) mass is 316 g/mol. The highest BCUT2D eigenvalue weighted by Crippen LogP contribution is 2.20. The maximum Gasteiger partial charge on any atom is 0.240 e. The fourth-order valence-electron chi connectivity index (χ4n) is 2.09. The first-order valence-corrected chi connectivity index (χ1v) is 8.86. The van der Waals surface area contributed by atoms with Crippen LogP contribution < -0.4 is 10.0 Å². The molecule has 1 aromatic carbocycles. The molecule has 21 heavy (non-hydrogen) atoms. The Morgan fingerprint density at radius 1 is 1.19 bits per heavy atom. The fourth-order valence-corrected chi connectivity index (χ4v) is 3.63. The third kappa shape index (κ3) is 4.76. The van der Waals surface area contributed by atoms with E-state index in [-0.39, 0.29) is 16.8 Å². The number of hydrogen-bond donors (Lipinski definition) is 2. The minimum atomic E-state index is -3.61. The highest BCUT2D eigenvalue weighted by Gasteiger charge is 2.20. The molecule has 0 aliphatic heterocycles. The summed E-state index contributed by atoms with van der Waals surface area (Å²) in [7, 11) is -3.61. The van der Waals surface area contributed by atoms with Gasteiger partial charge in [0.15, 0.2) is 0 Å². The maximum atomic E-state index is 14.0. The molecule has 0 spiro atoms. The van der Waals surface area contributed by atoms with Gasteiger partial charge in [-0.15, -0.1) is 0 Å². The van der Waals surface area contributed by atoms with Crippen molar-refractivity contribution in [3.63, 3.8) is 0 Å². The number of hydrogen-bond acceptors (Lipinski definition) is 3. The zero-order chi connectivity index (χ0) is 16.0. The smallest absolute Gasteiger partial charge is 0.240 e. The number of benzene rings is 1. The van der Waals surface area contributed by atoms with Crippen molar-refractivity contribution in [3.8, 4) is 0 Å². The third-order valence-electron chi connectivity index (χ3n) is 3.49. The van der Waals surface area contributed by atoms with Crippen LogP contribution >= 0.6 is 0 Å². The summed E-state index contributed by atoms with van der Waals surface area (Å²) in [6.07, 6.45) is 1.44. The maximum absolute atomic E-state index is 14.0. The number of rotatable bonds is 8. The van der Waals surface area contributed by atoms with Gasteiger partial charge >= 0.3 is 0 Å². The summed E-state index contributed by atoms with van der Waals surface area (Å²) in [4.78, 5) is 0.126. The lowest BCUT2D eigenvalue weighted by Crippen LogP contribution is -2.34. The van der Waals surface area contributed by atoms with Crippen molar-refractivity contribution in [1.82, 2.24) is 10.0 Å². The Balaban J connectivity index is 3.14. The van der Waals surface area contributed by atoms with Gasteiger partial charge in [-0.05, 0) is 44.0 Å². The Kier molecular flexibility index (Phi) is 6.77. The van der Waals surface area contributed by atoms with Crippen molar-refractivity contribution in [2.45, 2.75) is 58.0 Å². The predicted octanol–water partition coefficient (Wildman–Crippen LogP) is 2.71. The molecule has 0 fully saturated rings. The molecule has 0 aliphatic carbocycles. The molecule has 0 saturated carbocycles. The summed E-state index contributed by atoms with van der Waals surface area (Å²) >= 11 is 0. The van der Waals surface area contributed by atoms with E-state index in [9.17, 15) is 12.8 Å². The number of sulfonamides is 1. The number of nitrogens with one attached hydrogen (secondary N) is 2. The van der Waals surface area contributed by atoms with E-state index >= 15 is 0 Å². The van der Waals surface area contributed by atoms with Gasteiger partial charge in [-0.25, -0.2) is 17.5 Å². The second kappa shape index (κ2) is 7.87. The van der Waals surface area contributed by atoms with Crippen LogP contribution in [0.3, 0.4) is 0 Å². The molecule has 1 rings (SSSR count). The van der Waals surface area contributed by atoms with Gasteiger partial charge in [0.1, 0.15) is 5.82 Å². The second-order valence-electron chi connectivity index (χ2n) is 5.13. The molecule has 0 aromatic heterocycles. The zero-order valence-corrected chi connectivity index (χ0v) is 14.0. The molecule has 0 radical (unpaired) electrons. The lowest BCUT2D eigenvalue weighted by atomic mass is 10.1. The van der Waals surface area contributed by atoms with E-state index in [1.165, 1.54) is 12.1 Å². The molecule has 120 valence electrons. The van der Waals surface area contributed by atoms with E-state index < -0.39 is 10.0 Å². The molecule has 2 N–H and O–H groups in total. The fraction of sp³-hybridized carbons (Fsp3) is 0.600. The zero-order valence-electron chi connectivity index (χ0n) is 13.2. The molecule has 0 heterocycles. The minimum Gasteiger partial charge on any atom is -0.313 e. The van der Waals surface area contributed by atoms with E-state index in [2.05, 4.69) is 10.0 Å². The van der Waals surface area contributed by atoms with Gasteiger partial charge in [0.05, 0.1) is 4.90 Å². The van der Waals surface area contributed by atoms with E-state index in [1.807, 2.05) is 20.8 Å². The van der Waals surface area contributed by atoms with Crippen molar-refractivity contribution >= 4 is 10.0 Å². The van der Waals surface area contributed by atoms with Gasteiger partial charge in [0.25, 0.3) is 0 Å². The molecular formula is C15H25FN2O2S. The molecule has 0 bridgehead atoms. The topological polar surface area (TPSA) is 58.2 Å². The molecule has 6 heteroatoms. The van der Waals surface area contributed by atoms with E-state index in [0.717, 1.165) is 12.8 Å². The first-order chi connectivity index (χ1) is 9.85. The summed E-state index contributed by atoms with van der Waals surface area (Å²) in [5.74, 6) is -0.350. The lowest BCUT2D eigenvalue weighted by molar-refractivity contribution is 0.529. The summed E-state index contributed by atoms with van der Waals surface area (Å²) in [5.41, 5.74) is 0.720. The van der Waals surface area contributed by atoms with Crippen molar-refractivity contribution in [2.24, 2.45) is 0 Å². The third-order valence-corrected chi connectivity index (χ3v) is 4.99. The van der Waals surface area contributed by atoms with Crippen LogP contribution in [0.15, 0.2) is 17.0 Å². The molecule has 0 saturated heterocycles. The summed E-state index contributed by atoms with van der Waals surface area (Å²) in [5, 5.41) is 3.02. The SMILES string of the molecule is CCNCc1cc(S(=O)(=O)NC(CC)CC)cc(C)c1F. The molecule has 0 atom stereocenters. The van der Waals surface area contributed by atoms with Crippen LogP contribution in [0.25, 0.3) is 0 Å². The van der Waals surface area contributed by atoms with Crippen LogP contribution in [0.1, 0.15) is 44.7 Å². The van der Waals surface area contributed by atoms with Gasteiger partial charge in [-0.2, -0.15) is 0 Å². The van der Waals surface area contributed by atoms with Crippen molar-refractivity contribution in [3.05, 3.63) is 29.1 Å². The van der Waals surface area contributed by atoms with Crippen molar-refractivity contribution in [1.29, 1.82) is 0 Å². The van der Waals surface area contributed by atoms with Gasteiger partial charge < -0.3 is 5.32 Å². The number of aryl methyl sites for hydroxylation is 1. The van der Waals surface area contributed by atoms with Crippen molar-refractivity contribution < 1.29 is 12.8 Å². The Bertz CT molecular complexity index is 569. The molecule has 1 aromatic rings. The second-order valence-corrected chi connectivity index (χ2v) is 6.84. The molecular weight excluding hydrogens is 291 g/mol. The molecule has 4 nitrogen and oxygen atoms in total. The normalized spacial score (nSPS) is 12.1. The van der Waals surface area contributed by atoms with Crippen LogP contribution in [-0.2, 0) is 16.6 Å². The van der Waals surface area contributed by atoms with Crippen LogP contribution in [0.5, 0.6) is 0 Å². The summed E-state index contributed by atoms with van der Waals surface area (Å²) in [6, 6.07) is 2.70. The van der Waals surface area contributed by atoms with E-state index in [0.29, 0.717) is 24.2 Å². The molecule has 0 aliphatic rings. The average molecular weight is 316 g/mol. The van der Waals surface area contributed by atoms with Gasteiger partial charge in [-0.3, -0.25) is 0 Å². The highest BCUT2D eigenvalue weighted by molar-refractivity contribution is 7.89. The Morgan fingerprint density at radius 2 is 1.81 bits per heavy atom. The highest BCUT2D eigenvalue weighted by atomic mass is 32.2. The first-order valence-electron chi connectivity index (χ1n) is 7.37. The molecule has 0 unspecified atom stereocenters. The standard InChI is InChI=1S/C15H25FN2O2S/c1-5-13(6-2)18-21(19,20)14-8-11(4)15(16)12(9-14)10-17-7-3/h8-9,13,17-18H,5-7,10H2,1-4H3. The quantitative estimate of drug-likeness (QED) is 0.775. The summed E-state index contributed by atoms with van der Waals surface area (Å²) in [6.45, 7) is 8.38. The average Bonchev–Trinajstić information content (AvgIpc) is 2.45. The first kappa shape index (κ1) is 18.1. The lowest BCUT2D eigenvalue weighted by Gasteiger charge is -2.16. The van der Waals surface area contributed by atoms with Gasteiger partial charge in [-0.1, -0.05) is 20.8 Å². The van der Waals surface area contributed by atoms with E-state index in [4.69, 9.17) is 0 Å². The van der Waals surface area contributed by atoms with Crippen LogP contribution in [-0.4, -0.2) is 21.0 Å². The van der Waals surface area contributed by atoms with Crippen LogP contribution in [0.2, 0.25) is 0 Å². The van der Waals surface area contributed by atoms with E-state index in [1.54, 1.807) is 6.92 Å². The largest absolute Gasteiger partial charge is 0.313 e. The van der Waals surface area contributed by atoms with Gasteiger partial charge in [0, 0.05) is 18.2 Å². The Morgan fingerprint density at radius 3 is 2.33 bits per heavy atom. The van der Waals surface area contributed by atoms with Gasteiger partial charge in [0.2, 0.25) is 10.0 Å². The summed E-state index contributed by atoms with van der Waals surface area (Å²) < 4.78 is 41.5. The Labute approximate surface area is 127 Å². The minimum absolute atomic E-state index is 0.0995.